The van der Waals surface area contributed by atoms with E-state index < -0.39 is 0 Å². The summed E-state index contributed by atoms with van der Waals surface area (Å²) in [5, 5.41) is 5.37. The van der Waals surface area contributed by atoms with Gasteiger partial charge in [-0.3, -0.25) is 9.59 Å². The van der Waals surface area contributed by atoms with Crippen molar-refractivity contribution in [3.63, 3.8) is 0 Å². The van der Waals surface area contributed by atoms with Crippen LogP contribution < -0.4 is 11.1 Å². The van der Waals surface area contributed by atoms with E-state index in [0.29, 0.717) is 11.6 Å². The minimum absolute atomic E-state index is 0.0219. The van der Waals surface area contributed by atoms with Crippen molar-refractivity contribution < 1.29 is 9.59 Å². The number of primary amides is 1. The first-order valence-corrected chi connectivity index (χ1v) is 10.8. The molecule has 3 aromatic rings. The smallest absolute Gasteiger partial charge is 0.226 e. The molecule has 0 aliphatic rings. The van der Waals surface area contributed by atoms with Crippen LogP contribution in [-0.4, -0.2) is 22.6 Å². The van der Waals surface area contributed by atoms with Gasteiger partial charge in [0.15, 0.2) is 5.13 Å². The highest BCUT2D eigenvalue weighted by Gasteiger charge is 2.09. The molecule has 3 rings (SSSR count). The zero-order chi connectivity index (χ0) is 19.8. The largest absolute Gasteiger partial charge is 0.369 e. The molecular formula is C21H21N3O2S2. The van der Waals surface area contributed by atoms with Gasteiger partial charge in [-0.2, -0.15) is 0 Å². The standard InChI is InChI=1S/C21H21N3O2S2/c22-19(25)13-15-8-10-16(11-9-15)18-14-28-21(23-18)24-20(26)7-4-12-27-17-5-2-1-3-6-17/h1-3,5-6,8-11,14H,4,7,12-13H2,(H2,22,25)(H,23,24,26). The number of carbonyl (C=O) groups excluding carboxylic acids is 2. The van der Waals surface area contributed by atoms with Crippen LogP contribution >= 0.6 is 23.1 Å². The van der Waals surface area contributed by atoms with Crippen LogP contribution in [0.4, 0.5) is 5.13 Å². The fourth-order valence-corrected chi connectivity index (χ4v) is 4.19. The number of nitrogens with two attached hydrogens (primary N) is 1. The second kappa shape index (κ2) is 10.1. The molecule has 3 N–H and O–H groups in total. The molecule has 0 spiro atoms. The van der Waals surface area contributed by atoms with E-state index in [1.54, 1.807) is 11.8 Å². The second-order valence-corrected chi connectivity index (χ2v) is 8.22. The van der Waals surface area contributed by atoms with Crippen molar-refractivity contribution in [2.75, 3.05) is 11.1 Å². The Balaban J connectivity index is 1.46. The molecule has 0 aliphatic heterocycles. The van der Waals surface area contributed by atoms with Crippen LogP contribution in [0.15, 0.2) is 64.9 Å². The molecule has 5 nitrogen and oxygen atoms in total. The minimum atomic E-state index is -0.353. The van der Waals surface area contributed by atoms with Crippen molar-refractivity contribution >= 4 is 40.0 Å². The molecule has 1 aromatic heterocycles. The first-order chi connectivity index (χ1) is 13.6. The Bertz CT molecular complexity index is 924. The van der Waals surface area contributed by atoms with Crippen LogP contribution in [0.2, 0.25) is 0 Å². The number of hydrogen-bond acceptors (Lipinski definition) is 5. The van der Waals surface area contributed by atoms with Gasteiger partial charge in [-0.15, -0.1) is 23.1 Å². The van der Waals surface area contributed by atoms with Gasteiger partial charge < -0.3 is 11.1 Å². The third-order valence-electron chi connectivity index (χ3n) is 3.94. The van der Waals surface area contributed by atoms with E-state index in [0.717, 1.165) is 29.0 Å². The number of nitrogens with one attached hydrogen (secondary N) is 1. The summed E-state index contributed by atoms with van der Waals surface area (Å²) < 4.78 is 0. The monoisotopic (exact) mass is 411 g/mol. The van der Waals surface area contributed by atoms with Crippen molar-refractivity contribution in [3.8, 4) is 11.3 Å². The molecule has 0 atom stereocenters. The topological polar surface area (TPSA) is 85.1 Å². The van der Waals surface area contributed by atoms with Crippen LogP contribution in [-0.2, 0) is 16.0 Å². The van der Waals surface area contributed by atoms with Crippen LogP contribution in [0.25, 0.3) is 11.3 Å². The Morgan fingerprint density at radius 1 is 1.07 bits per heavy atom. The van der Waals surface area contributed by atoms with Crippen LogP contribution in [0.3, 0.4) is 0 Å². The highest BCUT2D eigenvalue weighted by molar-refractivity contribution is 7.99. The molecule has 0 bridgehead atoms. The summed E-state index contributed by atoms with van der Waals surface area (Å²) in [7, 11) is 0. The number of nitrogens with zero attached hydrogens (tertiary/aromatic N) is 1. The summed E-state index contributed by atoms with van der Waals surface area (Å²) in [6.45, 7) is 0. The van der Waals surface area contributed by atoms with Crippen LogP contribution in [0, 0.1) is 0 Å². The lowest BCUT2D eigenvalue weighted by atomic mass is 10.1. The number of thiazole rings is 1. The quantitative estimate of drug-likeness (QED) is 0.405. The van der Waals surface area contributed by atoms with Crippen LogP contribution in [0.5, 0.6) is 0 Å². The fraction of sp³-hybridized carbons (Fsp3) is 0.190. The van der Waals surface area contributed by atoms with Gasteiger partial charge in [-0.1, -0.05) is 42.5 Å². The molecular weight excluding hydrogens is 390 g/mol. The van der Waals surface area contributed by atoms with Crippen LogP contribution in [0.1, 0.15) is 18.4 Å². The third-order valence-corrected chi connectivity index (χ3v) is 5.79. The molecule has 0 saturated heterocycles. The van der Waals surface area contributed by atoms with E-state index in [1.807, 2.05) is 47.8 Å². The molecule has 2 aromatic carbocycles. The minimum Gasteiger partial charge on any atom is -0.369 e. The second-order valence-electron chi connectivity index (χ2n) is 6.19. The van der Waals surface area contributed by atoms with Gasteiger partial charge >= 0.3 is 0 Å². The van der Waals surface area contributed by atoms with Crippen molar-refractivity contribution in [1.29, 1.82) is 0 Å². The number of rotatable bonds is 9. The van der Waals surface area contributed by atoms with Crippen molar-refractivity contribution in [1.82, 2.24) is 4.98 Å². The number of carbonyl (C=O) groups is 2. The zero-order valence-corrected chi connectivity index (χ0v) is 16.9. The normalized spacial score (nSPS) is 10.6. The van der Waals surface area contributed by atoms with Crippen molar-refractivity contribution in [2.24, 2.45) is 5.73 Å². The van der Waals surface area contributed by atoms with Crippen molar-refractivity contribution in [3.05, 3.63) is 65.5 Å². The number of benzene rings is 2. The fourth-order valence-electron chi connectivity index (χ4n) is 2.58. The maximum absolute atomic E-state index is 12.1. The molecule has 144 valence electrons. The summed E-state index contributed by atoms with van der Waals surface area (Å²) >= 11 is 3.15. The van der Waals surface area contributed by atoms with Gasteiger partial charge in [-0.25, -0.2) is 4.98 Å². The van der Waals surface area contributed by atoms with Crippen molar-refractivity contribution in [2.45, 2.75) is 24.2 Å². The molecule has 0 aliphatic carbocycles. The number of aromatic nitrogens is 1. The highest BCUT2D eigenvalue weighted by Crippen LogP contribution is 2.25. The maximum atomic E-state index is 12.1. The summed E-state index contributed by atoms with van der Waals surface area (Å²) in [6, 6.07) is 17.7. The number of amides is 2. The Labute approximate surface area is 172 Å². The van der Waals surface area contributed by atoms with E-state index in [2.05, 4.69) is 22.4 Å². The van der Waals surface area contributed by atoms with E-state index in [1.165, 1.54) is 16.2 Å². The number of thioether (sulfide) groups is 1. The summed E-state index contributed by atoms with van der Waals surface area (Å²) in [5.41, 5.74) is 7.81. The highest BCUT2D eigenvalue weighted by atomic mass is 32.2. The van der Waals surface area contributed by atoms with Gasteiger partial charge in [0.25, 0.3) is 0 Å². The maximum Gasteiger partial charge on any atom is 0.226 e. The average molecular weight is 412 g/mol. The lowest BCUT2D eigenvalue weighted by Gasteiger charge is -2.03. The van der Waals surface area contributed by atoms with Gasteiger partial charge in [0, 0.05) is 22.3 Å². The average Bonchev–Trinajstić information content (AvgIpc) is 3.14. The SMILES string of the molecule is NC(=O)Cc1ccc(-c2csc(NC(=O)CCCSc3ccccc3)n2)cc1. The number of anilines is 1. The Kier molecular flexibility index (Phi) is 7.22. The van der Waals surface area contributed by atoms with E-state index >= 15 is 0 Å². The van der Waals surface area contributed by atoms with Gasteiger partial charge in [0.05, 0.1) is 12.1 Å². The summed E-state index contributed by atoms with van der Waals surface area (Å²) in [5.74, 6) is 0.526. The zero-order valence-electron chi connectivity index (χ0n) is 15.3. The predicted octanol–water partition coefficient (Wildman–Crippen LogP) is 4.35. The van der Waals surface area contributed by atoms with Gasteiger partial charge in [0.1, 0.15) is 0 Å². The lowest BCUT2D eigenvalue weighted by Crippen LogP contribution is -2.13. The first kappa shape index (κ1) is 20.1. The Hall–Kier alpha value is -2.64. The third kappa shape index (κ3) is 6.21. The number of hydrogen-bond donors (Lipinski definition) is 2. The molecule has 0 unspecified atom stereocenters. The Morgan fingerprint density at radius 2 is 1.82 bits per heavy atom. The van der Waals surface area contributed by atoms with E-state index in [-0.39, 0.29) is 18.2 Å². The molecule has 2 amide bonds. The molecule has 28 heavy (non-hydrogen) atoms. The lowest BCUT2D eigenvalue weighted by molar-refractivity contribution is -0.117. The predicted molar refractivity (Wildman–Crippen MR) is 115 cm³/mol. The molecule has 0 fully saturated rings. The van der Waals surface area contributed by atoms with Gasteiger partial charge in [0.2, 0.25) is 11.8 Å². The Morgan fingerprint density at radius 3 is 2.54 bits per heavy atom. The molecule has 7 heteroatoms. The molecule has 0 saturated carbocycles. The van der Waals surface area contributed by atoms with E-state index in [4.69, 9.17) is 5.73 Å². The summed E-state index contributed by atoms with van der Waals surface area (Å²) in [6.07, 6.45) is 1.50. The van der Waals surface area contributed by atoms with E-state index in [9.17, 15) is 9.59 Å². The first-order valence-electron chi connectivity index (χ1n) is 8.91. The summed E-state index contributed by atoms with van der Waals surface area (Å²) in [4.78, 5) is 28.8. The molecule has 1 heterocycles. The molecule has 0 radical (unpaired) electrons. The van der Waals surface area contributed by atoms with Gasteiger partial charge in [-0.05, 0) is 29.9 Å².